The monoisotopic (exact) mass is 440 g/mol. The Kier molecular flexibility index (Phi) is 6.05. The van der Waals surface area contributed by atoms with Crippen molar-refractivity contribution in [1.82, 2.24) is 9.55 Å². The minimum atomic E-state index is -5.14. The number of hydrogen-bond donors (Lipinski definition) is 4. The second-order valence-electron chi connectivity index (χ2n) is 6.29. The molecule has 1 aromatic heterocycles. The van der Waals surface area contributed by atoms with E-state index >= 15 is 0 Å². The van der Waals surface area contributed by atoms with E-state index in [9.17, 15) is 33.5 Å². The van der Waals surface area contributed by atoms with Gasteiger partial charge in [0.15, 0.2) is 5.40 Å². The number of esters is 1. The van der Waals surface area contributed by atoms with Gasteiger partial charge >= 0.3 is 21.2 Å². The molecule has 2 aromatic carbocycles. The fourth-order valence-electron chi connectivity index (χ4n) is 2.82. The summed E-state index contributed by atoms with van der Waals surface area (Å²) in [6.45, 7) is -0.716. The molecule has 0 spiro atoms. The first kappa shape index (κ1) is 21.4. The summed E-state index contributed by atoms with van der Waals surface area (Å²) in [5.74, 6) is -0.704. The summed E-state index contributed by atoms with van der Waals surface area (Å²) in [5, 5.41) is -2.26. The maximum Gasteiger partial charge on any atom is 0.342 e. The van der Waals surface area contributed by atoms with Crippen molar-refractivity contribution in [2.24, 2.45) is 0 Å². The molecule has 0 atom stereocenters. The van der Waals surface area contributed by atoms with Crippen molar-refractivity contribution in [2.75, 3.05) is 0 Å². The lowest BCUT2D eigenvalue weighted by atomic mass is 10.2. The number of rotatable bonds is 7. The molecule has 0 fully saturated rings. The molecule has 0 amide bonds. The second-order valence-corrected chi connectivity index (χ2v) is 10.3. The third-order valence-corrected chi connectivity index (χ3v) is 7.89. The molecule has 0 saturated heterocycles. The Bertz CT molecular complexity index is 1100. The van der Waals surface area contributed by atoms with Crippen LogP contribution in [0.2, 0.25) is 0 Å². The minimum Gasteiger partial charge on any atom is -0.457 e. The van der Waals surface area contributed by atoms with Crippen LogP contribution in [0.25, 0.3) is 11.0 Å². The van der Waals surface area contributed by atoms with E-state index in [0.29, 0.717) is 5.52 Å². The highest BCUT2D eigenvalue weighted by Gasteiger charge is 2.43. The first-order valence-corrected chi connectivity index (χ1v) is 11.7. The second kappa shape index (κ2) is 8.20. The topological polar surface area (TPSA) is 159 Å². The van der Waals surface area contributed by atoms with Crippen molar-refractivity contribution < 1.29 is 38.2 Å². The van der Waals surface area contributed by atoms with Crippen LogP contribution in [0.1, 0.15) is 15.9 Å². The van der Waals surface area contributed by atoms with Crippen molar-refractivity contribution in [3.8, 4) is 0 Å². The number of fused-ring (bicyclic) bond motifs is 1. The molecule has 0 radical (unpaired) electrons. The highest BCUT2D eigenvalue weighted by Crippen LogP contribution is 2.60. The lowest BCUT2D eigenvalue weighted by Crippen LogP contribution is -2.18. The van der Waals surface area contributed by atoms with Gasteiger partial charge in [-0.3, -0.25) is 9.13 Å². The molecule has 0 aliphatic heterocycles. The highest BCUT2D eigenvalue weighted by molar-refractivity contribution is 7.70. The van der Waals surface area contributed by atoms with Crippen molar-refractivity contribution >= 4 is 32.2 Å². The molecule has 0 unspecified atom stereocenters. The van der Waals surface area contributed by atoms with E-state index in [1.807, 2.05) is 6.07 Å². The van der Waals surface area contributed by atoms with E-state index in [0.717, 1.165) is 16.5 Å². The molecular weight excluding hydrogens is 422 g/mol. The summed E-state index contributed by atoms with van der Waals surface area (Å²) < 4.78 is 29.6. The zero-order valence-corrected chi connectivity index (χ0v) is 16.7. The summed E-state index contributed by atoms with van der Waals surface area (Å²) in [6, 6.07) is 13.5. The quantitative estimate of drug-likeness (QED) is 0.319. The Morgan fingerprint density at radius 2 is 1.66 bits per heavy atom. The molecule has 29 heavy (non-hydrogen) atoms. The summed E-state index contributed by atoms with van der Waals surface area (Å²) in [6.07, 6.45) is 1.16. The summed E-state index contributed by atoms with van der Waals surface area (Å²) in [4.78, 5) is 54.1. The van der Waals surface area contributed by atoms with E-state index in [4.69, 9.17) is 4.74 Å². The van der Waals surface area contributed by atoms with Gasteiger partial charge in [0.05, 0.1) is 22.9 Å². The van der Waals surface area contributed by atoms with Gasteiger partial charge in [0.1, 0.15) is 6.61 Å². The van der Waals surface area contributed by atoms with Crippen LogP contribution in [0.4, 0.5) is 0 Å². The van der Waals surface area contributed by atoms with E-state index in [2.05, 4.69) is 4.98 Å². The summed E-state index contributed by atoms with van der Waals surface area (Å²) in [7, 11) is -10.3. The summed E-state index contributed by atoms with van der Waals surface area (Å²) in [5.41, 5.74) is 1.31. The van der Waals surface area contributed by atoms with Gasteiger partial charge in [-0.05, 0) is 17.7 Å². The van der Waals surface area contributed by atoms with Gasteiger partial charge < -0.3 is 28.9 Å². The molecule has 3 aromatic rings. The summed E-state index contributed by atoms with van der Waals surface area (Å²) >= 11 is 0. The van der Waals surface area contributed by atoms with Crippen LogP contribution in [0, 0.1) is 0 Å². The largest absolute Gasteiger partial charge is 0.457 e. The predicted molar refractivity (Wildman–Crippen MR) is 103 cm³/mol. The number of imidazole rings is 1. The zero-order valence-electron chi connectivity index (χ0n) is 14.9. The Hall–Kier alpha value is -2.32. The Labute approximate surface area is 165 Å². The van der Waals surface area contributed by atoms with Crippen molar-refractivity contribution in [2.45, 2.75) is 18.6 Å². The molecule has 3 rings (SSSR count). The molecular formula is C17H18N2O8P2. The number of benzene rings is 2. The molecule has 1 heterocycles. The number of nitrogens with zero attached hydrogens (tertiary/aromatic N) is 2. The van der Waals surface area contributed by atoms with Crippen LogP contribution in [0.5, 0.6) is 0 Å². The van der Waals surface area contributed by atoms with Crippen molar-refractivity contribution in [1.29, 1.82) is 0 Å². The van der Waals surface area contributed by atoms with E-state index in [1.165, 1.54) is 6.07 Å². The van der Waals surface area contributed by atoms with Crippen LogP contribution in [-0.2, 0) is 27.0 Å². The number of carbonyl (C=O) groups is 1. The average Bonchev–Trinajstić information content (AvgIpc) is 3.06. The molecule has 0 aliphatic rings. The van der Waals surface area contributed by atoms with E-state index in [1.54, 1.807) is 36.4 Å². The molecule has 10 nitrogen and oxygen atoms in total. The number of para-hydroxylation sites is 1. The standard InChI is InChI=1S/C17H18N2O8P2/c20-17(27-10-12-5-2-1-3-6-12)13-7-4-8-14-16(13)19(11-18-14)9-15(28(21,22)23)29(24,25)26/h1-8,11,15H,9-10H2,(H2,21,22,23)(H2,24,25,26). The molecule has 0 bridgehead atoms. The van der Waals surface area contributed by atoms with Gasteiger partial charge in [-0.2, -0.15) is 0 Å². The lowest BCUT2D eigenvalue weighted by Gasteiger charge is -2.20. The Morgan fingerprint density at radius 3 is 2.28 bits per heavy atom. The Morgan fingerprint density at radius 1 is 1.00 bits per heavy atom. The van der Waals surface area contributed by atoms with Crippen LogP contribution in [0.15, 0.2) is 54.9 Å². The predicted octanol–water partition coefficient (Wildman–Crippen LogP) is 2.07. The number of ether oxygens (including phenoxy) is 1. The number of aromatic nitrogens is 2. The first-order chi connectivity index (χ1) is 13.6. The normalized spacial score (nSPS) is 12.4. The fraction of sp³-hybridized carbons (Fsp3) is 0.176. The van der Waals surface area contributed by atoms with Crippen molar-refractivity contribution in [3.05, 3.63) is 66.0 Å². The smallest absolute Gasteiger partial charge is 0.342 e. The fourth-order valence-corrected chi connectivity index (χ4v) is 5.16. The van der Waals surface area contributed by atoms with Crippen LogP contribution >= 0.6 is 15.2 Å². The molecule has 154 valence electrons. The van der Waals surface area contributed by atoms with Crippen molar-refractivity contribution in [3.63, 3.8) is 0 Å². The maximum atomic E-state index is 12.6. The van der Waals surface area contributed by atoms with E-state index in [-0.39, 0.29) is 17.7 Å². The van der Waals surface area contributed by atoms with Gasteiger partial charge in [0.25, 0.3) is 0 Å². The van der Waals surface area contributed by atoms with Gasteiger partial charge in [0, 0.05) is 6.54 Å². The highest BCUT2D eigenvalue weighted by atomic mass is 31.2. The van der Waals surface area contributed by atoms with Gasteiger partial charge in [0.2, 0.25) is 0 Å². The van der Waals surface area contributed by atoms with Gasteiger partial charge in [-0.1, -0.05) is 36.4 Å². The van der Waals surface area contributed by atoms with Gasteiger partial charge in [-0.25, -0.2) is 9.78 Å². The van der Waals surface area contributed by atoms with Crippen LogP contribution in [0.3, 0.4) is 0 Å². The molecule has 0 aliphatic carbocycles. The van der Waals surface area contributed by atoms with Crippen LogP contribution in [-0.4, -0.2) is 40.5 Å². The maximum absolute atomic E-state index is 12.6. The lowest BCUT2D eigenvalue weighted by molar-refractivity contribution is 0.0474. The molecule has 4 N–H and O–H groups in total. The number of carbonyl (C=O) groups excluding carboxylic acids is 1. The average molecular weight is 440 g/mol. The third kappa shape index (κ3) is 5.00. The van der Waals surface area contributed by atoms with Gasteiger partial charge in [-0.15, -0.1) is 0 Å². The van der Waals surface area contributed by atoms with Crippen LogP contribution < -0.4 is 0 Å². The molecule has 12 heteroatoms. The first-order valence-electron chi connectivity index (χ1n) is 8.32. The number of hydrogen-bond acceptors (Lipinski definition) is 5. The Balaban J connectivity index is 1.94. The van der Waals surface area contributed by atoms with E-state index < -0.39 is 33.1 Å². The zero-order chi connectivity index (χ0) is 21.2. The minimum absolute atomic E-state index is 0.0117. The molecule has 0 saturated carbocycles. The third-order valence-electron chi connectivity index (χ3n) is 4.21. The SMILES string of the molecule is O=C(OCc1ccccc1)c1cccc2ncn(CC(P(=O)(O)O)P(=O)(O)O)c12.